The number of anilines is 1. The van der Waals surface area contributed by atoms with E-state index in [0.717, 1.165) is 11.0 Å². The van der Waals surface area contributed by atoms with Crippen LogP contribution in [0.1, 0.15) is 12.8 Å². The highest BCUT2D eigenvalue weighted by atomic mass is 16.5. The number of fused-ring (bicyclic) bond motifs is 1. The number of amides is 1. The molecule has 1 aliphatic rings. The first kappa shape index (κ1) is 11.7. The minimum atomic E-state index is -0.988. The van der Waals surface area contributed by atoms with Gasteiger partial charge in [0.1, 0.15) is 5.41 Å². The Hall–Kier alpha value is -2.37. The predicted molar refractivity (Wildman–Crippen MR) is 68.4 cm³/mol. The lowest BCUT2D eigenvalue weighted by molar-refractivity contribution is -0.150. The van der Waals surface area contributed by atoms with Crippen LogP contribution >= 0.6 is 0 Å². The van der Waals surface area contributed by atoms with Crippen molar-refractivity contribution in [1.82, 2.24) is 9.97 Å². The Bertz CT molecular complexity index is 658. The van der Waals surface area contributed by atoms with Gasteiger partial charge in [-0.3, -0.25) is 9.59 Å². The van der Waals surface area contributed by atoms with Crippen molar-refractivity contribution in [3.8, 4) is 0 Å². The summed E-state index contributed by atoms with van der Waals surface area (Å²) in [6, 6.07) is 5.35. The summed E-state index contributed by atoms with van der Waals surface area (Å²) in [5.74, 6) is -0.772. The summed E-state index contributed by atoms with van der Waals surface area (Å²) in [6.45, 7) is 0. The predicted octanol–water partition coefficient (Wildman–Crippen LogP) is 1.45. The molecule has 2 N–H and O–H groups in total. The van der Waals surface area contributed by atoms with Crippen molar-refractivity contribution in [3.63, 3.8) is 0 Å². The third-order valence-corrected chi connectivity index (χ3v) is 3.44. The zero-order valence-electron chi connectivity index (χ0n) is 10.4. The summed E-state index contributed by atoms with van der Waals surface area (Å²) in [6.07, 6.45) is 2.67. The minimum absolute atomic E-state index is 0.307. The maximum absolute atomic E-state index is 12.1. The lowest BCUT2D eigenvalue weighted by atomic mass is 10.1. The molecule has 0 atom stereocenters. The SMILES string of the molecule is COC(=O)C1(C(=O)Nc2ccc3nc[nH]c3c2)CC1. The number of methoxy groups -OCH3 is 1. The van der Waals surface area contributed by atoms with Crippen LogP contribution in [-0.4, -0.2) is 29.0 Å². The average molecular weight is 259 g/mol. The fraction of sp³-hybridized carbons (Fsp3) is 0.308. The van der Waals surface area contributed by atoms with E-state index in [1.165, 1.54) is 7.11 Å². The molecule has 98 valence electrons. The molecule has 1 fully saturated rings. The van der Waals surface area contributed by atoms with E-state index in [2.05, 4.69) is 20.0 Å². The van der Waals surface area contributed by atoms with Crippen LogP contribution in [0.15, 0.2) is 24.5 Å². The molecule has 2 aromatic rings. The zero-order valence-corrected chi connectivity index (χ0v) is 10.4. The van der Waals surface area contributed by atoms with Crippen LogP contribution in [0, 0.1) is 5.41 Å². The second-order valence-electron chi connectivity index (χ2n) is 4.66. The summed E-state index contributed by atoms with van der Waals surface area (Å²) >= 11 is 0. The maximum Gasteiger partial charge on any atom is 0.321 e. The first-order valence-electron chi connectivity index (χ1n) is 5.99. The van der Waals surface area contributed by atoms with Crippen LogP contribution in [0.2, 0.25) is 0 Å². The van der Waals surface area contributed by atoms with Crippen LogP contribution in [0.25, 0.3) is 11.0 Å². The molecule has 0 bridgehead atoms. The highest BCUT2D eigenvalue weighted by Gasteiger charge is 2.57. The van der Waals surface area contributed by atoms with Crippen LogP contribution in [0.3, 0.4) is 0 Å². The van der Waals surface area contributed by atoms with Gasteiger partial charge in [0.05, 0.1) is 24.5 Å². The second-order valence-corrected chi connectivity index (χ2v) is 4.66. The van der Waals surface area contributed by atoms with Crippen molar-refractivity contribution in [3.05, 3.63) is 24.5 Å². The van der Waals surface area contributed by atoms with Crippen molar-refractivity contribution in [2.24, 2.45) is 5.41 Å². The molecule has 6 nitrogen and oxygen atoms in total. The van der Waals surface area contributed by atoms with Crippen molar-refractivity contribution in [2.45, 2.75) is 12.8 Å². The molecule has 1 aliphatic carbocycles. The lowest BCUT2D eigenvalue weighted by Gasteiger charge is -2.12. The molecule has 6 heteroatoms. The van der Waals surface area contributed by atoms with E-state index in [9.17, 15) is 9.59 Å². The number of aromatic amines is 1. The standard InChI is InChI=1S/C13H13N3O3/c1-19-12(18)13(4-5-13)11(17)16-8-2-3-9-10(6-8)15-7-14-9/h2-3,6-7H,4-5H2,1H3,(H,14,15)(H,16,17). The molecular weight excluding hydrogens is 246 g/mol. The smallest absolute Gasteiger partial charge is 0.321 e. The third kappa shape index (κ3) is 1.85. The number of benzene rings is 1. The molecule has 3 rings (SSSR count). The Morgan fingerprint density at radius 1 is 1.42 bits per heavy atom. The number of aromatic nitrogens is 2. The van der Waals surface area contributed by atoms with E-state index >= 15 is 0 Å². The number of rotatable bonds is 3. The molecule has 19 heavy (non-hydrogen) atoms. The maximum atomic E-state index is 12.1. The van der Waals surface area contributed by atoms with Gasteiger partial charge in [-0.2, -0.15) is 0 Å². The van der Waals surface area contributed by atoms with Crippen LogP contribution < -0.4 is 5.32 Å². The summed E-state index contributed by atoms with van der Waals surface area (Å²) in [4.78, 5) is 30.8. The van der Waals surface area contributed by atoms with Gasteiger partial charge in [-0.25, -0.2) is 4.98 Å². The Labute approximate surface area is 109 Å². The number of esters is 1. The van der Waals surface area contributed by atoms with E-state index in [-0.39, 0.29) is 5.91 Å². The highest BCUT2D eigenvalue weighted by Crippen LogP contribution is 2.47. The number of ether oxygens (including phenoxy) is 1. The normalized spacial score (nSPS) is 16.1. The van der Waals surface area contributed by atoms with Crippen molar-refractivity contribution >= 4 is 28.6 Å². The van der Waals surface area contributed by atoms with Crippen molar-refractivity contribution in [2.75, 3.05) is 12.4 Å². The highest BCUT2D eigenvalue weighted by molar-refractivity contribution is 6.11. The van der Waals surface area contributed by atoms with Gasteiger partial charge in [0.25, 0.3) is 0 Å². The zero-order chi connectivity index (χ0) is 13.5. The molecule has 0 aliphatic heterocycles. The van der Waals surface area contributed by atoms with Crippen molar-refractivity contribution < 1.29 is 14.3 Å². The summed E-state index contributed by atoms with van der Waals surface area (Å²) in [5.41, 5.74) is 1.31. The number of hydrogen-bond donors (Lipinski definition) is 2. The number of carbonyl (C=O) groups excluding carboxylic acids is 2. The molecule has 0 saturated heterocycles. The molecule has 0 radical (unpaired) electrons. The van der Waals surface area contributed by atoms with Gasteiger partial charge < -0.3 is 15.0 Å². The van der Waals surface area contributed by atoms with E-state index in [1.807, 2.05) is 0 Å². The van der Waals surface area contributed by atoms with Crippen LogP contribution in [0.4, 0.5) is 5.69 Å². The molecule has 1 aromatic heterocycles. The van der Waals surface area contributed by atoms with E-state index in [0.29, 0.717) is 18.5 Å². The number of carbonyl (C=O) groups is 2. The fourth-order valence-electron chi connectivity index (χ4n) is 2.11. The topological polar surface area (TPSA) is 84.1 Å². The Morgan fingerprint density at radius 3 is 2.89 bits per heavy atom. The Morgan fingerprint density at radius 2 is 2.21 bits per heavy atom. The minimum Gasteiger partial charge on any atom is -0.468 e. The summed E-state index contributed by atoms with van der Waals surface area (Å²) in [5, 5.41) is 2.75. The summed E-state index contributed by atoms with van der Waals surface area (Å²) < 4.78 is 4.68. The Kier molecular flexibility index (Phi) is 2.51. The molecule has 1 heterocycles. The number of nitrogens with one attached hydrogen (secondary N) is 2. The van der Waals surface area contributed by atoms with Gasteiger partial charge in [-0.05, 0) is 31.0 Å². The van der Waals surface area contributed by atoms with Gasteiger partial charge in [-0.1, -0.05) is 0 Å². The number of H-pyrrole nitrogens is 1. The van der Waals surface area contributed by atoms with Crippen LogP contribution in [-0.2, 0) is 14.3 Å². The van der Waals surface area contributed by atoms with Gasteiger partial charge in [0, 0.05) is 5.69 Å². The van der Waals surface area contributed by atoms with E-state index < -0.39 is 11.4 Å². The first-order chi connectivity index (χ1) is 9.15. The summed E-state index contributed by atoms with van der Waals surface area (Å²) in [7, 11) is 1.30. The number of imidazole rings is 1. The van der Waals surface area contributed by atoms with E-state index in [4.69, 9.17) is 0 Å². The molecule has 1 amide bonds. The lowest BCUT2D eigenvalue weighted by Crippen LogP contribution is -2.32. The van der Waals surface area contributed by atoms with Gasteiger partial charge >= 0.3 is 5.97 Å². The van der Waals surface area contributed by atoms with E-state index in [1.54, 1.807) is 24.5 Å². The van der Waals surface area contributed by atoms with Gasteiger partial charge in [0.2, 0.25) is 5.91 Å². The monoisotopic (exact) mass is 259 g/mol. The first-order valence-corrected chi connectivity index (χ1v) is 5.99. The molecule has 0 spiro atoms. The van der Waals surface area contributed by atoms with Gasteiger partial charge in [-0.15, -0.1) is 0 Å². The molecular formula is C13H13N3O3. The molecule has 1 aromatic carbocycles. The number of nitrogens with zero attached hydrogens (tertiary/aromatic N) is 1. The fourth-order valence-corrected chi connectivity index (χ4v) is 2.11. The second kappa shape index (κ2) is 4.08. The number of hydrogen-bond acceptors (Lipinski definition) is 4. The van der Waals surface area contributed by atoms with Crippen molar-refractivity contribution in [1.29, 1.82) is 0 Å². The largest absolute Gasteiger partial charge is 0.468 e. The van der Waals surface area contributed by atoms with Gasteiger partial charge in [0.15, 0.2) is 0 Å². The third-order valence-electron chi connectivity index (χ3n) is 3.44. The molecule has 1 saturated carbocycles. The molecule has 0 unspecified atom stereocenters. The quantitative estimate of drug-likeness (QED) is 0.645. The van der Waals surface area contributed by atoms with Crippen LogP contribution in [0.5, 0.6) is 0 Å². The Balaban J connectivity index is 1.81. The average Bonchev–Trinajstić information content (AvgIpc) is 3.11.